The van der Waals surface area contributed by atoms with Gasteiger partial charge in [-0.3, -0.25) is 4.68 Å². The van der Waals surface area contributed by atoms with E-state index >= 15 is 0 Å². The van der Waals surface area contributed by atoms with Crippen molar-refractivity contribution in [3.05, 3.63) is 17.8 Å². The minimum absolute atomic E-state index is 0.269. The highest BCUT2D eigenvalue weighted by atomic mass is 32.1. The molecule has 3 aromatic rings. The molecule has 18 heavy (non-hydrogen) atoms. The third kappa shape index (κ3) is 1.86. The average Bonchev–Trinajstić information content (AvgIpc) is 2.98. The van der Waals surface area contributed by atoms with Crippen molar-refractivity contribution in [1.82, 2.24) is 24.7 Å². The maximum absolute atomic E-state index is 5.59. The van der Waals surface area contributed by atoms with Crippen molar-refractivity contribution in [3.8, 4) is 11.9 Å². The van der Waals surface area contributed by atoms with Gasteiger partial charge in [0.2, 0.25) is 11.8 Å². The van der Waals surface area contributed by atoms with Crippen molar-refractivity contribution in [2.75, 3.05) is 12.4 Å². The van der Waals surface area contributed by atoms with Crippen LogP contribution in [-0.4, -0.2) is 31.8 Å². The predicted octanol–water partition coefficient (Wildman–Crippen LogP) is 1.65. The fourth-order valence-electron chi connectivity index (χ4n) is 1.47. The zero-order valence-corrected chi connectivity index (χ0v) is 10.6. The molecule has 0 aliphatic rings. The van der Waals surface area contributed by atoms with Gasteiger partial charge in [0.25, 0.3) is 0 Å². The number of aromatic nitrogens is 5. The normalized spacial score (nSPS) is 10.8. The molecule has 0 aromatic carbocycles. The molecule has 0 aliphatic carbocycles. The number of hydrogen-bond acceptors (Lipinski definition) is 7. The molecule has 0 saturated heterocycles. The van der Waals surface area contributed by atoms with E-state index in [9.17, 15) is 0 Å². The van der Waals surface area contributed by atoms with E-state index in [0.717, 1.165) is 10.2 Å². The Balaban J connectivity index is 2.06. The minimum Gasteiger partial charge on any atom is -0.403 e. The molecule has 0 amide bonds. The molecule has 3 aromatic heterocycles. The number of fused-ring (bicyclic) bond motifs is 1. The summed E-state index contributed by atoms with van der Waals surface area (Å²) in [6, 6.07) is 2.18. The van der Waals surface area contributed by atoms with Gasteiger partial charge in [0.05, 0.1) is 5.39 Å². The second-order valence-electron chi connectivity index (χ2n) is 3.54. The SMILES string of the molecule is CNc1nc(Oc2ncn(C)n2)c2ccsc2n1. The Bertz CT molecular complexity index is 691. The number of aryl methyl sites for hydroxylation is 1. The third-order valence-electron chi connectivity index (χ3n) is 2.28. The molecule has 1 N–H and O–H groups in total. The highest BCUT2D eigenvalue weighted by molar-refractivity contribution is 7.16. The lowest BCUT2D eigenvalue weighted by molar-refractivity contribution is 0.428. The van der Waals surface area contributed by atoms with Gasteiger partial charge in [-0.2, -0.15) is 9.97 Å². The van der Waals surface area contributed by atoms with Gasteiger partial charge in [-0.05, 0) is 11.4 Å². The number of thiophene rings is 1. The first-order valence-electron chi connectivity index (χ1n) is 5.23. The fraction of sp³-hybridized carbons (Fsp3) is 0.200. The van der Waals surface area contributed by atoms with Gasteiger partial charge in [0.1, 0.15) is 11.2 Å². The summed E-state index contributed by atoms with van der Waals surface area (Å²) >= 11 is 1.53. The van der Waals surface area contributed by atoms with Gasteiger partial charge in [-0.1, -0.05) is 0 Å². The molecular weight excluding hydrogens is 252 g/mol. The van der Waals surface area contributed by atoms with E-state index in [-0.39, 0.29) is 6.01 Å². The Labute approximate surface area is 106 Å². The molecule has 3 heterocycles. The van der Waals surface area contributed by atoms with E-state index in [1.807, 2.05) is 11.4 Å². The summed E-state index contributed by atoms with van der Waals surface area (Å²) in [5.41, 5.74) is 0. The topological polar surface area (TPSA) is 77.8 Å². The van der Waals surface area contributed by atoms with Crippen molar-refractivity contribution in [2.45, 2.75) is 0 Å². The highest BCUT2D eigenvalue weighted by Gasteiger charge is 2.12. The zero-order chi connectivity index (χ0) is 12.5. The lowest BCUT2D eigenvalue weighted by atomic mass is 10.4. The first kappa shape index (κ1) is 10.9. The van der Waals surface area contributed by atoms with Gasteiger partial charge in [0, 0.05) is 14.1 Å². The second kappa shape index (κ2) is 4.22. The summed E-state index contributed by atoms with van der Waals surface area (Å²) < 4.78 is 7.16. The third-order valence-corrected chi connectivity index (χ3v) is 3.09. The van der Waals surface area contributed by atoms with E-state index < -0.39 is 0 Å². The molecule has 0 radical (unpaired) electrons. The average molecular weight is 262 g/mol. The largest absolute Gasteiger partial charge is 0.403 e. The van der Waals surface area contributed by atoms with E-state index in [2.05, 4.69) is 25.4 Å². The number of anilines is 1. The summed E-state index contributed by atoms with van der Waals surface area (Å²) in [5.74, 6) is 0.965. The standard InChI is InChI=1S/C10H10N6OS/c1-11-9-13-7(6-3-4-18-8(6)14-9)17-10-12-5-16(2)15-10/h3-5H,1-2H3,(H,11,13,14). The molecule has 92 valence electrons. The van der Waals surface area contributed by atoms with Crippen molar-refractivity contribution >= 4 is 27.5 Å². The lowest BCUT2D eigenvalue weighted by Gasteiger charge is -2.04. The van der Waals surface area contributed by atoms with Gasteiger partial charge in [0.15, 0.2) is 0 Å². The van der Waals surface area contributed by atoms with Crippen LogP contribution in [-0.2, 0) is 7.05 Å². The van der Waals surface area contributed by atoms with Gasteiger partial charge >= 0.3 is 6.01 Å². The molecule has 3 rings (SSSR count). The first-order chi connectivity index (χ1) is 8.76. The Kier molecular flexibility index (Phi) is 2.56. The van der Waals surface area contributed by atoms with Crippen LogP contribution in [0.5, 0.6) is 11.9 Å². The molecule has 7 nitrogen and oxygen atoms in total. The van der Waals surface area contributed by atoms with Gasteiger partial charge in [-0.15, -0.1) is 16.4 Å². The van der Waals surface area contributed by atoms with E-state index in [4.69, 9.17) is 4.74 Å². The molecule has 0 fully saturated rings. The number of rotatable bonds is 3. The number of ether oxygens (including phenoxy) is 1. The lowest BCUT2D eigenvalue weighted by Crippen LogP contribution is -1.99. The van der Waals surface area contributed by atoms with E-state index in [1.54, 1.807) is 25.1 Å². The molecular formula is C10H10N6OS. The summed E-state index contributed by atoms with van der Waals surface area (Å²) in [4.78, 5) is 13.5. The Morgan fingerprint density at radius 2 is 2.28 bits per heavy atom. The van der Waals surface area contributed by atoms with Crippen LogP contribution >= 0.6 is 11.3 Å². The summed E-state index contributed by atoms with van der Waals surface area (Å²) in [5, 5.41) is 9.75. The summed E-state index contributed by atoms with van der Waals surface area (Å²) in [7, 11) is 3.54. The maximum Gasteiger partial charge on any atom is 0.342 e. The smallest absolute Gasteiger partial charge is 0.342 e. The van der Waals surface area contributed by atoms with E-state index in [1.165, 1.54) is 11.3 Å². The van der Waals surface area contributed by atoms with Crippen molar-refractivity contribution < 1.29 is 4.74 Å². The first-order valence-corrected chi connectivity index (χ1v) is 6.10. The highest BCUT2D eigenvalue weighted by Crippen LogP contribution is 2.30. The number of hydrogen-bond donors (Lipinski definition) is 1. The Morgan fingerprint density at radius 3 is 3.00 bits per heavy atom. The van der Waals surface area contributed by atoms with Crippen LogP contribution in [0.2, 0.25) is 0 Å². The molecule has 0 bridgehead atoms. The van der Waals surface area contributed by atoms with Gasteiger partial charge < -0.3 is 10.1 Å². The molecule has 0 atom stereocenters. The van der Waals surface area contributed by atoms with Gasteiger partial charge in [-0.25, -0.2) is 4.98 Å². The van der Waals surface area contributed by atoms with Crippen LogP contribution in [0, 0.1) is 0 Å². The molecule has 0 saturated carbocycles. The van der Waals surface area contributed by atoms with Crippen LogP contribution < -0.4 is 10.1 Å². The monoisotopic (exact) mass is 262 g/mol. The van der Waals surface area contributed by atoms with Crippen LogP contribution in [0.25, 0.3) is 10.2 Å². The Morgan fingerprint density at radius 1 is 1.39 bits per heavy atom. The van der Waals surface area contributed by atoms with Crippen LogP contribution in [0.1, 0.15) is 0 Å². The van der Waals surface area contributed by atoms with Crippen LogP contribution in [0.4, 0.5) is 5.95 Å². The molecule has 0 unspecified atom stereocenters. The summed E-state index contributed by atoms with van der Waals surface area (Å²) in [6.45, 7) is 0. The maximum atomic E-state index is 5.59. The van der Waals surface area contributed by atoms with Crippen molar-refractivity contribution in [2.24, 2.45) is 7.05 Å². The summed E-state index contributed by atoms with van der Waals surface area (Å²) in [6.07, 6.45) is 1.57. The fourth-order valence-corrected chi connectivity index (χ4v) is 2.23. The second-order valence-corrected chi connectivity index (χ2v) is 4.44. The van der Waals surface area contributed by atoms with Crippen molar-refractivity contribution in [3.63, 3.8) is 0 Å². The number of nitrogens with zero attached hydrogens (tertiary/aromatic N) is 5. The predicted molar refractivity (Wildman–Crippen MR) is 68.0 cm³/mol. The zero-order valence-electron chi connectivity index (χ0n) is 9.78. The van der Waals surface area contributed by atoms with Crippen LogP contribution in [0.3, 0.4) is 0 Å². The minimum atomic E-state index is 0.269. The molecule has 0 aliphatic heterocycles. The Hall–Kier alpha value is -2.22. The molecule has 0 spiro atoms. The van der Waals surface area contributed by atoms with Crippen LogP contribution in [0.15, 0.2) is 17.8 Å². The van der Waals surface area contributed by atoms with E-state index in [0.29, 0.717) is 11.8 Å². The number of nitrogens with one attached hydrogen (secondary N) is 1. The quantitative estimate of drug-likeness (QED) is 0.773. The van der Waals surface area contributed by atoms with Crippen molar-refractivity contribution in [1.29, 1.82) is 0 Å². The molecule has 8 heteroatoms.